The van der Waals surface area contributed by atoms with Crippen molar-refractivity contribution < 1.29 is 14.3 Å². The van der Waals surface area contributed by atoms with Crippen molar-refractivity contribution in [2.24, 2.45) is 0 Å². The van der Waals surface area contributed by atoms with Gasteiger partial charge in [0.05, 0.1) is 12.6 Å². The summed E-state index contributed by atoms with van der Waals surface area (Å²) in [6.07, 6.45) is 0. The molecule has 0 bridgehead atoms. The second-order valence-corrected chi connectivity index (χ2v) is 5.16. The number of halogens is 2. The normalized spacial score (nSPS) is 19.8. The van der Waals surface area contributed by atoms with E-state index in [0.29, 0.717) is 12.1 Å². The Balaban J connectivity index is 2.29. The lowest BCUT2D eigenvalue weighted by atomic mass is 10.1. The van der Waals surface area contributed by atoms with Crippen LogP contribution >= 0.6 is 15.9 Å². The Hall–Kier alpha value is -1.14. The molecule has 0 saturated carbocycles. The molecule has 0 spiro atoms. The first kappa shape index (κ1) is 13.3. The van der Waals surface area contributed by atoms with Gasteiger partial charge in [-0.2, -0.15) is 0 Å². The van der Waals surface area contributed by atoms with E-state index in [1.165, 1.54) is 15.9 Å². The van der Waals surface area contributed by atoms with Gasteiger partial charge < -0.3 is 14.9 Å². The molecule has 1 heterocycles. The first-order valence-corrected chi connectivity index (χ1v) is 6.41. The quantitative estimate of drug-likeness (QED) is 0.926. The molecule has 1 unspecified atom stereocenters. The van der Waals surface area contributed by atoms with E-state index in [4.69, 9.17) is 5.11 Å². The summed E-state index contributed by atoms with van der Waals surface area (Å²) in [4.78, 5) is 14.9. The molecule has 0 aliphatic carbocycles. The molecule has 18 heavy (non-hydrogen) atoms. The van der Waals surface area contributed by atoms with Gasteiger partial charge in [-0.3, -0.25) is 0 Å². The first-order valence-electron chi connectivity index (χ1n) is 5.62. The van der Waals surface area contributed by atoms with Crippen LogP contribution in [0.15, 0.2) is 22.7 Å². The summed E-state index contributed by atoms with van der Waals surface area (Å²) in [5, 5.41) is 8.89. The molecule has 6 heteroatoms. The lowest BCUT2D eigenvalue weighted by Crippen LogP contribution is -2.31. The second kappa shape index (κ2) is 5.24. The monoisotopic (exact) mass is 316 g/mol. The summed E-state index contributed by atoms with van der Waals surface area (Å²) in [5.74, 6) is -0.325. The Labute approximate surface area is 113 Å². The van der Waals surface area contributed by atoms with Crippen LogP contribution < -0.4 is 0 Å². The highest BCUT2D eigenvalue weighted by atomic mass is 79.9. The number of β-amino-alcohol motifs (C(OH)–C–C–N with tert-alkyl or cyclic N) is 1. The molecule has 4 nitrogen and oxygen atoms in total. The highest BCUT2D eigenvalue weighted by molar-refractivity contribution is 9.10. The van der Waals surface area contributed by atoms with Gasteiger partial charge in [0.1, 0.15) is 5.82 Å². The van der Waals surface area contributed by atoms with Crippen LogP contribution in [0.25, 0.3) is 0 Å². The van der Waals surface area contributed by atoms with E-state index in [0.717, 1.165) is 4.47 Å². The van der Waals surface area contributed by atoms with E-state index in [2.05, 4.69) is 15.9 Å². The topological polar surface area (TPSA) is 43.8 Å². The number of carbonyl (C=O) groups is 1. The minimum absolute atomic E-state index is 0.0900. The third-order valence-corrected chi connectivity index (χ3v) is 3.61. The number of aliphatic hydroxyl groups is 1. The number of nitrogens with zero attached hydrogens (tertiary/aromatic N) is 2. The smallest absolute Gasteiger partial charge is 0.320 e. The average Bonchev–Trinajstić information content (AvgIpc) is 2.61. The van der Waals surface area contributed by atoms with Crippen molar-refractivity contribution in [3.8, 4) is 0 Å². The minimum Gasteiger partial charge on any atom is -0.395 e. The molecular formula is C12H14BrFN2O2. The summed E-state index contributed by atoms with van der Waals surface area (Å²) in [5.41, 5.74) is 0.487. The fourth-order valence-corrected chi connectivity index (χ4v) is 2.53. The van der Waals surface area contributed by atoms with E-state index in [-0.39, 0.29) is 31.0 Å². The van der Waals surface area contributed by atoms with Gasteiger partial charge >= 0.3 is 6.03 Å². The molecule has 1 saturated heterocycles. The highest BCUT2D eigenvalue weighted by Gasteiger charge is 2.36. The minimum atomic E-state index is -0.325. The van der Waals surface area contributed by atoms with Crippen molar-refractivity contribution in [3.05, 3.63) is 34.1 Å². The van der Waals surface area contributed by atoms with Crippen molar-refractivity contribution in [2.45, 2.75) is 6.04 Å². The summed E-state index contributed by atoms with van der Waals surface area (Å²) in [7, 11) is 1.64. The van der Waals surface area contributed by atoms with E-state index >= 15 is 0 Å². The number of amides is 2. The summed E-state index contributed by atoms with van der Waals surface area (Å²) in [6.45, 7) is 0.575. The summed E-state index contributed by atoms with van der Waals surface area (Å²) >= 11 is 3.30. The third kappa shape index (κ3) is 2.35. The number of likely N-dealkylation sites (N-methyl/N-ethyl adjacent to an activating group) is 1. The van der Waals surface area contributed by atoms with E-state index in [1.807, 2.05) is 0 Å². The number of aliphatic hydroxyl groups excluding tert-OH is 1. The summed E-state index contributed by atoms with van der Waals surface area (Å²) < 4.78 is 14.6. The van der Waals surface area contributed by atoms with E-state index < -0.39 is 0 Å². The number of hydrogen-bond donors (Lipinski definition) is 1. The molecular weight excluding hydrogens is 303 g/mol. The Bertz CT molecular complexity index is 469. The van der Waals surface area contributed by atoms with Crippen LogP contribution in [0, 0.1) is 5.82 Å². The van der Waals surface area contributed by atoms with Crippen molar-refractivity contribution in [1.29, 1.82) is 0 Å². The molecule has 1 aliphatic rings. The Morgan fingerprint density at radius 3 is 2.94 bits per heavy atom. The van der Waals surface area contributed by atoms with Crippen molar-refractivity contribution in [2.75, 3.05) is 26.7 Å². The van der Waals surface area contributed by atoms with Crippen molar-refractivity contribution in [3.63, 3.8) is 0 Å². The molecule has 1 aromatic rings. The van der Waals surface area contributed by atoms with Gasteiger partial charge in [-0.05, 0) is 18.2 Å². The van der Waals surface area contributed by atoms with Crippen LogP contribution in [0.2, 0.25) is 0 Å². The number of benzene rings is 1. The predicted octanol–water partition coefficient (Wildman–Crippen LogP) is 1.99. The SMILES string of the molecule is CN1C(=O)N(CCO)CC1c1cc(Br)ccc1F. The maximum atomic E-state index is 13.8. The van der Waals surface area contributed by atoms with Gasteiger partial charge in [0, 0.05) is 30.2 Å². The fourth-order valence-electron chi connectivity index (χ4n) is 2.15. The van der Waals surface area contributed by atoms with Gasteiger partial charge in [0.25, 0.3) is 0 Å². The fraction of sp³-hybridized carbons (Fsp3) is 0.417. The molecule has 0 aromatic heterocycles. The largest absolute Gasteiger partial charge is 0.395 e. The zero-order chi connectivity index (χ0) is 13.3. The Morgan fingerprint density at radius 1 is 1.56 bits per heavy atom. The molecule has 1 aliphatic heterocycles. The van der Waals surface area contributed by atoms with E-state index in [9.17, 15) is 9.18 Å². The van der Waals surface area contributed by atoms with Crippen molar-refractivity contribution in [1.82, 2.24) is 9.80 Å². The lowest BCUT2D eigenvalue weighted by molar-refractivity contribution is 0.182. The van der Waals surface area contributed by atoms with Crippen LogP contribution in [0.3, 0.4) is 0 Å². The third-order valence-electron chi connectivity index (χ3n) is 3.12. The number of carbonyl (C=O) groups excluding carboxylic acids is 1. The van der Waals surface area contributed by atoms with Gasteiger partial charge in [0.15, 0.2) is 0 Å². The van der Waals surface area contributed by atoms with Gasteiger partial charge in [-0.25, -0.2) is 9.18 Å². The van der Waals surface area contributed by atoms with E-state index in [1.54, 1.807) is 19.2 Å². The lowest BCUT2D eigenvalue weighted by Gasteiger charge is -2.18. The average molecular weight is 317 g/mol. The molecule has 2 rings (SSSR count). The highest BCUT2D eigenvalue weighted by Crippen LogP contribution is 2.31. The zero-order valence-corrected chi connectivity index (χ0v) is 11.5. The molecule has 1 N–H and O–H groups in total. The molecule has 1 atom stereocenters. The molecule has 2 amide bonds. The Kier molecular flexibility index (Phi) is 3.87. The molecule has 98 valence electrons. The zero-order valence-electron chi connectivity index (χ0n) is 9.94. The van der Waals surface area contributed by atoms with Gasteiger partial charge in [-0.15, -0.1) is 0 Å². The van der Waals surface area contributed by atoms with Crippen LogP contribution in [0.5, 0.6) is 0 Å². The first-order chi connectivity index (χ1) is 8.54. The standard InChI is InChI=1S/C12H14BrFN2O2/c1-15-11(7-16(4-5-17)12(15)18)9-6-8(13)2-3-10(9)14/h2-3,6,11,17H,4-5,7H2,1H3. The van der Waals surface area contributed by atoms with Crippen LogP contribution in [0.1, 0.15) is 11.6 Å². The number of rotatable bonds is 3. The van der Waals surface area contributed by atoms with Crippen LogP contribution in [0.4, 0.5) is 9.18 Å². The second-order valence-electron chi connectivity index (χ2n) is 4.24. The number of urea groups is 1. The van der Waals surface area contributed by atoms with Gasteiger partial charge in [0.2, 0.25) is 0 Å². The number of hydrogen-bond acceptors (Lipinski definition) is 2. The molecule has 1 fully saturated rings. The Morgan fingerprint density at radius 2 is 2.28 bits per heavy atom. The van der Waals surface area contributed by atoms with Crippen LogP contribution in [-0.4, -0.2) is 47.7 Å². The summed E-state index contributed by atoms with van der Waals surface area (Å²) in [6, 6.07) is 4.19. The van der Waals surface area contributed by atoms with Gasteiger partial charge in [-0.1, -0.05) is 15.9 Å². The maximum absolute atomic E-state index is 13.8. The van der Waals surface area contributed by atoms with Crippen LogP contribution in [-0.2, 0) is 0 Å². The molecule has 0 radical (unpaired) electrons. The predicted molar refractivity (Wildman–Crippen MR) is 68.7 cm³/mol. The maximum Gasteiger partial charge on any atom is 0.320 e. The molecule has 1 aromatic carbocycles. The van der Waals surface area contributed by atoms with Crippen molar-refractivity contribution >= 4 is 22.0 Å².